The molecule has 0 bridgehead atoms. The first-order valence-corrected chi connectivity index (χ1v) is 12.2. The van der Waals surface area contributed by atoms with Gasteiger partial charge in [0.25, 0.3) is 5.91 Å². The normalized spacial score (nSPS) is 11.5. The van der Waals surface area contributed by atoms with Crippen molar-refractivity contribution in [2.24, 2.45) is 0 Å². The Bertz CT molecular complexity index is 1360. The monoisotopic (exact) mass is 474 g/mol. The van der Waals surface area contributed by atoms with Gasteiger partial charge in [-0.25, -0.2) is 12.7 Å². The second-order valence-electron chi connectivity index (χ2n) is 8.05. The van der Waals surface area contributed by atoms with Gasteiger partial charge < -0.3 is 5.32 Å². The highest BCUT2D eigenvalue weighted by atomic mass is 32.2. The number of rotatable bonds is 8. The molecule has 7 nitrogen and oxygen atoms in total. The number of aromatic nitrogens is 2. The lowest BCUT2D eigenvalue weighted by Crippen LogP contribution is -2.23. The summed E-state index contributed by atoms with van der Waals surface area (Å²) in [5.74, 6) is -0.247. The maximum Gasteiger partial charge on any atom is 0.255 e. The van der Waals surface area contributed by atoms with Crippen LogP contribution in [0.3, 0.4) is 0 Å². The third-order valence-electron chi connectivity index (χ3n) is 5.40. The predicted octanol–water partition coefficient (Wildman–Crippen LogP) is 3.78. The Labute approximate surface area is 199 Å². The second kappa shape index (κ2) is 10.0. The zero-order chi connectivity index (χ0) is 24.1. The molecule has 0 spiro atoms. The maximum absolute atomic E-state index is 13.1. The smallest absolute Gasteiger partial charge is 0.255 e. The Morgan fingerprint density at radius 1 is 0.882 bits per heavy atom. The zero-order valence-corrected chi connectivity index (χ0v) is 19.9. The molecule has 1 N–H and O–H groups in total. The molecule has 8 heteroatoms. The summed E-state index contributed by atoms with van der Waals surface area (Å²) in [6.07, 6.45) is 1.76. The molecule has 34 heavy (non-hydrogen) atoms. The lowest BCUT2D eigenvalue weighted by molar-refractivity contribution is 0.0951. The average Bonchev–Trinajstić information content (AvgIpc) is 3.27. The number of nitrogens with one attached hydrogen (secondary N) is 1. The molecule has 4 rings (SSSR count). The van der Waals surface area contributed by atoms with Gasteiger partial charge in [0.1, 0.15) is 5.69 Å². The van der Waals surface area contributed by atoms with Crippen molar-refractivity contribution in [2.75, 3.05) is 14.1 Å². The van der Waals surface area contributed by atoms with E-state index >= 15 is 0 Å². The van der Waals surface area contributed by atoms with E-state index in [4.69, 9.17) is 5.10 Å². The molecule has 0 unspecified atom stereocenters. The van der Waals surface area contributed by atoms with E-state index in [0.29, 0.717) is 17.8 Å². The molecule has 0 aliphatic carbocycles. The molecule has 174 valence electrons. The van der Waals surface area contributed by atoms with Crippen LogP contribution in [0.5, 0.6) is 0 Å². The van der Waals surface area contributed by atoms with Crippen molar-refractivity contribution >= 4 is 15.9 Å². The van der Waals surface area contributed by atoms with Crippen LogP contribution in [0, 0.1) is 0 Å². The van der Waals surface area contributed by atoms with Crippen LogP contribution in [0.4, 0.5) is 0 Å². The Hall–Kier alpha value is -3.75. The van der Waals surface area contributed by atoms with Gasteiger partial charge in [-0.1, -0.05) is 72.8 Å². The number of carbonyl (C=O) groups excluding carboxylic acids is 1. The number of hydrogen-bond acceptors (Lipinski definition) is 4. The quantitative estimate of drug-likeness (QED) is 0.421. The standard InChI is InChI=1S/C26H26N4O3S/c1-29(2)34(32,33)23-15-13-20(14-16-23)17-27-26(31)24-19-30(18-21-9-5-3-6-10-21)28-25(24)22-11-7-4-8-12-22/h3-16,19H,17-18H2,1-2H3,(H,27,31). The third kappa shape index (κ3) is 5.24. The molecule has 0 radical (unpaired) electrons. The van der Waals surface area contributed by atoms with Crippen LogP contribution in [0.15, 0.2) is 96.0 Å². The van der Waals surface area contributed by atoms with Crippen molar-refractivity contribution in [3.63, 3.8) is 0 Å². The summed E-state index contributed by atoms with van der Waals surface area (Å²) in [6, 6.07) is 26.0. The van der Waals surface area contributed by atoms with E-state index < -0.39 is 10.0 Å². The number of nitrogens with zero attached hydrogens (tertiary/aromatic N) is 3. The van der Waals surface area contributed by atoms with Gasteiger partial charge in [-0.3, -0.25) is 9.48 Å². The summed E-state index contributed by atoms with van der Waals surface area (Å²) in [4.78, 5) is 13.3. The minimum atomic E-state index is -3.49. The molecule has 0 aliphatic rings. The molecule has 1 amide bonds. The van der Waals surface area contributed by atoms with Crippen LogP contribution in [0.2, 0.25) is 0 Å². The molecular formula is C26H26N4O3S. The van der Waals surface area contributed by atoms with Gasteiger partial charge >= 0.3 is 0 Å². The van der Waals surface area contributed by atoms with E-state index in [-0.39, 0.29) is 17.3 Å². The first kappa shape index (κ1) is 23.4. The lowest BCUT2D eigenvalue weighted by atomic mass is 10.1. The molecule has 4 aromatic rings. The summed E-state index contributed by atoms with van der Waals surface area (Å²) in [6.45, 7) is 0.814. The fourth-order valence-corrected chi connectivity index (χ4v) is 4.42. The fraction of sp³-hybridized carbons (Fsp3) is 0.154. The first-order chi connectivity index (χ1) is 16.3. The van der Waals surface area contributed by atoms with Gasteiger partial charge in [-0.15, -0.1) is 0 Å². The lowest BCUT2D eigenvalue weighted by Gasteiger charge is -2.12. The maximum atomic E-state index is 13.1. The number of amides is 1. The van der Waals surface area contributed by atoms with E-state index in [1.165, 1.54) is 18.4 Å². The third-order valence-corrected chi connectivity index (χ3v) is 7.23. The number of benzene rings is 3. The molecule has 0 atom stereocenters. The van der Waals surface area contributed by atoms with Crippen molar-refractivity contribution in [1.29, 1.82) is 0 Å². The SMILES string of the molecule is CN(C)S(=O)(=O)c1ccc(CNC(=O)c2cn(Cc3ccccc3)nc2-c2ccccc2)cc1. The Morgan fingerprint density at radius 3 is 2.12 bits per heavy atom. The Balaban J connectivity index is 1.54. The van der Waals surface area contributed by atoms with Crippen molar-refractivity contribution in [3.05, 3.63) is 108 Å². The van der Waals surface area contributed by atoms with Crippen LogP contribution in [-0.4, -0.2) is 42.5 Å². The fourth-order valence-electron chi connectivity index (χ4n) is 3.52. The van der Waals surface area contributed by atoms with E-state index in [1.54, 1.807) is 35.1 Å². The summed E-state index contributed by atoms with van der Waals surface area (Å²) in [5.41, 5.74) is 3.83. The Morgan fingerprint density at radius 2 is 1.50 bits per heavy atom. The van der Waals surface area contributed by atoms with Crippen LogP contribution < -0.4 is 5.32 Å². The molecule has 0 fully saturated rings. The van der Waals surface area contributed by atoms with Gasteiger partial charge in [0.2, 0.25) is 10.0 Å². The van der Waals surface area contributed by atoms with Crippen LogP contribution in [-0.2, 0) is 23.1 Å². The van der Waals surface area contributed by atoms with E-state index in [1.807, 2.05) is 60.7 Å². The summed E-state index contributed by atoms with van der Waals surface area (Å²) in [7, 11) is -0.509. The zero-order valence-electron chi connectivity index (χ0n) is 19.0. The van der Waals surface area contributed by atoms with E-state index in [9.17, 15) is 13.2 Å². The molecule has 3 aromatic carbocycles. The highest BCUT2D eigenvalue weighted by Gasteiger charge is 2.19. The van der Waals surface area contributed by atoms with Gasteiger partial charge in [0.05, 0.1) is 17.0 Å². The van der Waals surface area contributed by atoms with Crippen molar-refractivity contribution < 1.29 is 13.2 Å². The largest absolute Gasteiger partial charge is 0.348 e. The number of sulfonamides is 1. The van der Waals surface area contributed by atoms with E-state index in [0.717, 1.165) is 16.7 Å². The van der Waals surface area contributed by atoms with Gasteiger partial charge in [0, 0.05) is 32.4 Å². The number of hydrogen-bond donors (Lipinski definition) is 1. The van der Waals surface area contributed by atoms with Crippen LogP contribution >= 0.6 is 0 Å². The Kier molecular flexibility index (Phi) is 6.90. The van der Waals surface area contributed by atoms with E-state index in [2.05, 4.69) is 5.32 Å². The summed E-state index contributed by atoms with van der Waals surface area (Å²) < 4.78 is 27.4. The van der Waals surface area contributed by atoms with Gasteiger partial charge in [0.15, 0.2) is 0 Å². The van der Waals surface area contributed by atoms with Crippen molar-refractivity contribution in [2.45, 2.75) is 18.0 Å². The predicted molar refractivity (Wildman–Crippen MR) is 132 cm³/mol. The minimum absolute atomic E-state index is 0.209. The topological polar surface area (TPSA) is 84.3 Å². The second-order valence-corrected chi connectivity index (χ2v) is 10.2. The molecule has 0 saturated heterocycles. The highest BCUT2D eigenvalue weighted by molar-refractivity contribution is 7.89. The first-order valence-electron chi connectivity index (χ1n) is 10.8. The number of carbonyl (C=O) groups is 1. The minimum Gasteiger partial charge on any atom is -0.348 e. The molecule has 1 aromatic heterocycles. The van der Waals surface area contributed by atoms with Crippen LogP contribution in [0.1, 0.15) is 21.5 Å². The van der Waals surface area contributed by atoms with Gasteiger partial charge in [-0.2, -0.15) is 5.10 Å². The summed E-state index contributed by atoms with van der Waals surface area (Å²) >= 11 is 0. The molecular weight excluding hydrogens is 448 g/mol. The highest BCUT2D eigenvalue weighted by Crippen LogP contribution is 2.23. The van der Waals surface area contributed by atoms with Crippen LogP contribution in [0.25, 0.3) is 11.3 Å². The molecule has 1 heterocycles. The molecule has 0 saturated carbocycles. The average molecular weight is 475 g/mol. The van der Waals surface area contributed by atoms with Crippen molar-refractivity contribution in [3.8, 4) is 11.3 Å². The molecule has 0 aliphatic heterocycles. The van der Waals surface area contributed by atoms with Crippen molar-refractivity contribution in [1.82, 2.24) is 19.4 Å². The van der Waals surface area contributed by atoms with Gasteiger partial charge in [-0.05, 0) is 23.3 Å². The summed E-state index contributed by atoms with van der Waals surface area (Å²) in [5, 5.41) is 7.62.